The zero-order chi connectivity index (χ0) is 13.0. The van der Waals surface area contributed by atoms with Crippen LogP contribution in [-0.4, -0.2) is 6.54 Å². The summed E-state index contributed by atoms with van der Waals surface area (Å²) in [7, 11) is 0. The molecular formula is C14H15ClFNO. The number of rotatable bonds is 5. The lowest BCUT2D eigenvalue weighted by Gasteiger charge is -2.06. The summed E-state index contributed by atoms with van der Waals surface area (Å²) in [4.78, 5) is 0. The van der Waals surface area contributed by atoms with E-state index in [4.69, 9.17) is 16.0 Å². The van der Waals surface area contributed by atoms with Gasteiger partial charge in [0.2, 0.25) is 0 Å². The van der Waals surface area contributed by atoms with Crippen LogP contribution in [0.3, 0.4) is 0 Å². The van der Waals surface area contributed by atoms with E-state index >= 15 is 0 Å². The molecule has 0 bridgehead atoms. The van der Waals surface area contributed by atoms with E-state index in [2.05, 4.69) is 12.2 Å². The first-order valence-electron chi connectivity index (χ1n) is 5.95. The molecule has 0 fully saturated rings. The molecule has 1 heterocycles. The van der Waals surface area contributed by atoms with Crippen molar-refractivity contribution in [2.75, 3.05) is 6.54 Å². The molecule has 0 amide bonds. The minimum atomic E-state index is -0.303. The molecular weight excluding hydrogens is 253 g/mol. The fraction of sp³-hybridized carbons (Fsp3) is 0.286. The first-order chi connectivity index (χ1) is 8.72. The SMILES string of the molecule is CCCNCc1occc1-c1cc(F)ccc1Cl. The van der Waals surface area contributed by atoms with E-state index in [-0.39, 0.29) is 5.82 Å². The first-order valence-corrected chi connectivity index (χ1v) is 6.32. The van der Waals surface area contributed by atoms with Crippen LogP contribution in [0.5, 0.6) is 0 Å². The number of benzene rings is 1. The van der Waals surface area contributed by atoms with E-state index in [0.29, 0.717) is 17.1 Å². The zero-order valence-corrected chi connectivity index (χ0v) is 10.9. The third kappa shape index (κ3) is 2.92. The lowest BCUT2D eigenvalue weighted by atomic mass is 10.1. The molecule has 2 rings (SSSR count). The number of hydrogen-bond donors (Lipinski definition) is 1. The molecule has 0 saturated heterocycles. The Balaban J connectivity index is 2.27. The largest absolute Gasteiger partial charge is 0.467 e. The van der Waals surface area contributed by atoms with Crippen LogP contribution in [-0.2, 0) is 6.54 Å². The van der Waals surface area contributed by atoms with Gasteiger partial charge in [-0.25, -0.2) is 4.39 Å². The molecule has 1 aromatic heterocycles. The highest BCUT2D eigenvalue weighted by Crippen LogP contribution is 2.31. The summed E-state index contributed by atoms with van der Waals surface area (Å²) < 4.78 is 18.7. The summed E-state index contributed by atoms with van der Waals surface area (Å²) in [6.07, 6.45) is 2.65. The Hall–Kier alpha value is -1.32. The van der Waals surface area contributed by atoms with Gasteiger partial charge in [0, 0.05) is 16.1 Å². The second-order valence-corrected chi connectivity index (χ2v) is 4.47. The van der Waals surface area contributed by atoms with Gasteiger partial charge >= 0.3 is 0 Å². The molecule has 0 spiro atoms. The molecule has 0 aliphatic carbocycles. The van der Waals surface area contributed by atoms with E-state index in [1.807, 2.05) is 6.07 Å². The Morgan fingerprint density at radius 2 is 2.11 bits per heavy atom. The van der Waals surface area contributed by atoms with Crippen molar-refractivity contribution in [3.05, 3.63) is 47.1 Å². The minimum absolute atomic E-state index is 0.303. The molecule has 2 aromatic rings. The Labute approximate surface area is 111 Å². The normalized spacial score (nSPS) is 10.8. The fourth-order valence-corrected chi connectivity index (χ4v) is 2.02. The summed E-state index contributed by atoms with van der Waals surface area (Å²) in [5, 5.41) is 3.77. The van der Waals surface area contributed by atoms with Crippen LogP contribution < -0.4 is 5.32 Å². The monoisotopic (exact) mass is 267 g/mol. The van der Waals surface area contributed by atoms with Crippen LogP contribution >= 0.6 is 11.6 Å². The average molecular weight is 268 g/mol. The van der Waals surface area contributed by atoms with E-state index in [1.54, 1.807) is 12.3 Å². The van der Waals surface area contributed by atoms with Gasteiger partial charge in [0.25, 0.3) is 0 Å². The molecule has 1 N–H and O–H groups in total. The quantitative estimate of drug-likeness (QED) is 0.820. The van der Waals surface area contributed by atoms with Crippen molar-refractivity contribution in [2.24, 2.45) is 0 Å². The van der Waals surface area contributed by atoms with Crippen LogP contribution in [0.2, 0.25) is 5.02 Å². The topological polar surface area (TPSA) is 25.2 Å². The highest BCUT2D eigenvalue weighted by Gasteiger charge is 2.12. The van der Waals surface area contributed by atoms with Gasteiger partial charge in [0.05, 0.1) is 12.8 Å². The average Bonchev–Trinajstić information content (AvgIpc) is 2.81. The van der Waals surface area contributed by atoms with Crippen molar-refractivity contribution in [1.82, 2.24) is 5.32 Å². The highest BCUT2D eigenvalue weighted by molar-refractivity contribution is 6.33. The van der Waals surface area contributed by atoms with E-state index in [1.165, 1.54) is 12.1 Å². The van der Waals surface area contributed by atoms with Gasteiger partial charge in [0.15, 0.2) is 0 Å². The summed E-state index contributed by atoms with van der Waals surface area (Å²) >= 11 is 6.09. The molecule has 0 aliphatic rings. The lowest BCUT2D eigenvalue weighted by molar-refractivity contribution is 0.484. The number of furan rings is 1. The van der Waals surface area contributed by atoms with Gasteiger partial charge in [0.1, 0.15) is 11.6 Å². The summed E-state index contributed by atoms with van der Waals surface area (Å²) in [5.41, 5.74) is 1.50. The maximum atomic E-state index is 13.3. The Bertz CT molecular complexity index is 524. The lowest BCUT2D eigenvalue weighted by Crippen LogP contribution is -2.13. The maximum Gasteiger partial charge on any atom is 0.125 e. The Kier molecular flexibility index (Phi) is 4.39. The first kappa shape index (κ1) is 13.1. The molecule has 0 aliphatic heterocycles. The van der Waals surface area contributed by atoms with Crippen LogP contribution in [0.25, 0.3) is 11.1 Å². The predicted octanol–water partition coefficient (Wildman–Crippen LogP) is 4.24. The summed E-state index contributed by atoms with van der Waals surface area (Å²) in [6.45, 7) is 3.62. The standard InChI is InChI=1S/C14H15ClFNO/c1-2-6-17-9-14-11(5-7-18-14)12-8-10(16)3-4-13(12)15/h3-5,7-8,17H,2,6,9H2,1H3. The third-order valence-corrected chi connectivity index (χ3v) is 3.01. The molecule has 96 valence electrons. The predicted molar refractivity (Wildman–Crippen MR) is 71.1 cm³/mol. The van der Waals surface area contributed by atoms with Crippen molar-refractivity contribution in [1.29, 1.82) is 0 Å². The number of nitrogens with one attached hydrogen (secondary N) is 1. The minimum Gasteiger partial charge on any atom is -0.467 e. The maximum absolute atomic E-state index is 13.3. The van der Waals surface area contributed by atoms with Crippen molar-refractivity contribution >= 4 is 11.6 Å². The second-order valence-electron chi connectivity index (χ2n) is 4.06. The van der Waals surface area contributed by atoms with Crippen LogP contribution in [0, 0.1) is 5.82 Å². The van der Waals surface area contributed by atoms with Crippen molar-refractivity contribution in [3.63, 3.8) is 0 Å². The molecule has 2 nitrogen and oxygen atoms in total. The number of halogens is 2. The van der Waals surface area contributed by atoms with Gasteiger partial charge in [-0.3, -0.25) is 0 Å². The smallest absolute Gasteiger partial charge is 0.125 e. The summed E-state index contributed by atoms with van der Waals surface area (Å²) in [5.74, 6) is 0.471. The van der Waals surface area contributed by atoms with E-state index < -0.39 is 0 Å². The number of hydrogen-bond acceptors (Lipinski definition) is 2. The highest BCUT2D eigenvalue weighted by atomic mass is 35.5. The molecule has 0 saturated carbocycles. The molecule has 0 unspecified atom stereocenters. The van der Waals surface area contributed by atoms with Crippen molar-refractivity contribution < 1.29 is 8.81 Å². The summed E-state index contributed by atoms with van der Waals surface area (Å²) in [6, 6.07) is 6.14. The van der Waals surface area contributed by atoms with Gasteiger partial charge in [-0.1, -0.05) is 18.5 Å². The second kappa shape index (κ2) is 6.03. The van der Waals surface area contributed by atoms with Gasteiger partial charge in [-0.15, -0.1) is 0 Å². The molecule has 18 heavy (non-hydrogen) atoms. The van der Waals surface area contributed by atoms with Crippen LogP contribution in [0.1, 0.15) is 19.1 Å². The molecule has 0 radical (unpaired) electrons. The van der Waals surface area contributed by atoms with Gasteiger partial charge in [-0.05, 0) is 37.2 Å². The van der Waals surface area contributed by atoms with E-state index in [9.17, 15) is 4.39 Å². The zero-order valence-electron chi connectivity index (χ0n) is 10.2. The van der Waals surface area contributed by atoms with Gasteiger partial charge in [-0.2, -0.15) is 0 Å². The van der Waals surface area contributed by atoms with Crippen molar-refractivity contribution in [3.8, 4) is 11.1 Å². The van der Waals surface area contributed by atoms with Gasteiger partial charge < -0.3 is 9.73 Å². The fourth-order valence-electron chi connectivity index (χ4n) is 1.80. The van der Waals surface area contributed by atoms with Crippen molar-refractivity contribution in [2.45, 2.75) is 19.9 Å². The van der Waals surface area contributed by atoms with E-state index in [0.717, 1.165) is 24.3 Å². The van der Waals surface area contributed by atoms with Crippen LogP contribution in [0.15, 0.2) is 34.9 Å². The van der Waals surface area contributed by atoms with Crippen LogP contribution in [0.4, 0.5) is 4.39 Å². The molecule has 0 atom stereocenters. The third-order valence-electron chi connectivity index (χ3n) is 2.68. The molecule has 4 heteroatoms. The Morgan fingerprint density at radius 1 is 1.28 bits per heavy atom. The molecule has 1 aromatic carbocycles. The Morgan fingerprint density at radius 3 is 2.89 bits per heavy atom.